The maximum Gasteiger partial charge on any atom is 0.326 e. The number of aromatic nitrogens is 2. The Morgan fingerprint density at radius 1 is 0.947 bits per heavy atom. The number of nitrogens with two attached hydrogens (primary N) is 2. The lowest BCUT2D eigenvalue weighted by Gasteiger charge is -2.27. The van der Waals surface area contributed by atoms with Gasteiger partial charge in [0.05, 0.1) is 12.4 Å². The van der Waals surface area contributed by atoms with Crippen molar-refractivity contribution < 1.29 is 29.1 Å². The van der Waals surface area contributed by atoms with Crippen molar-refractivity contribution in [3.8, 4) is 0 Å². The molecule has 0 bridgehead atoms. The van der Waals surface area contributed by atoms with Crippen LogP contribution in [-0.4, -0.2) is 68.8 Å². The summed E-state index contributed by atoms with van der Waals surface area (Å²) in [5.41, 5.74) is 12.6. The molecule has 0 aliphatic rings. The number of nitrogens with zero attached hydrogens (tertiary/aromatic N) is 1. The monoisotopic (exact) mass is 529 g/mol. The minimum atomic E-state index is -1.33. The van der Waals surface area contributed by atoms with E-state index in [0.717, 1.165) is 5.56 Å². The molecule has 0 saturated heterocycles. The number of carbonyl (C=O) groups excluding carboxylic acids is 4. The van der Waals surface area contributed by atoms with Crippen molar-refractivity contribution in [3.63, 3.8) is 0 Å². The third-order valence-corrected chi connectivity index (χ3v) is 5.79. The topological polar surface area (TPSA) is 222 Å². The van der Waals surface area contributed by atoms with Gasteiger partial charge in [-0.25, -0.2) is 9.78 Å². The van der Waals surface area contributed by atoms with Crippen LogP contribution in [0.1, 0.15) is 37.9 Å². The van der Waals surface area contributed by atoms with Crippen LogP contribution in [0.4, 0.5) is 0 Å². The highest BCUT2D eigenvalue weighted by Crippen LogP contribution is 2.08. The molecule has 0 aliphatic carbocycles. The number of carboxylic acid groups (broad SMARTS) is 1. The van der Waals surface area contributed by atoms with Crippen molar-refractivity contribution >= 4 is 29.6 Å². The maximum atomic E-state index is 13.1. The number of amides is 4. The van der Waals surface area contributed by atoms with Gasteiger partial charge in [-0.2, -0.15) is 0 Å². The van der Waals surface area contributed by atoms with Gasteiger partial charge in [-0.3, -0.25) is 19.2 Å². The van der Waals surface area contributed by atoms with Crippen molar-refractivity contribution in [2.75, 3.05) is 0 Å². The lowest BCUT2D eigenvalue weighted by Crippen LogP contribution is -2.58. The fourth-order valence-electron chi connectivity index (χ4n) is 3.66. The first-order chi connectivity index (χ1) is 18.0. The van der Waals surface area contributed by atoms with Gasteiger partial charge in [0.15, 0.2) is 0 Å². The van der Waals surface area contributed by atoms with Crippen LogP contribution in [-0.2, 0) is 36.8 Å². The van der Waals surface area contributed by atoms with Crippen LogP contribution >= 0.6 is 0 Å². The molecule has 38 heavy (non-hydrogen) atoms. The van der Waals surface area contributed by atoms with Gasteiger partial charge in [-0.05, 0) is 24.3 Å². The molecule has 2 rings (SSSR count). The first-order valence-corrected chi connectivity index (χ1v) is 12.2. The Kier molecular flexibility index (Phi) is 11.4. The average molecular weight is 530 g/mol. The zero-order valence-corrected chi connectivity index (χ0v) is 21.3. The summed E-state index contributed by atoms with van der Waals surface area (Å²) >= 11 is 0. The number of hydrogen-bond acceptors (Lipinski definition) is 7. The second-order valence-corrected chi connectivity index (χ2v) is 9.27. The molecule has 0 fully saturated rings. The van der Waals surface area contributed by atoms with E-state index in [1.54, 1.807) is 13.8 Å². The third-order valence-electron chi connectivity index (χ3n) is 5.79. The molecule has 1 aromatic carbocycles. The molecule has 4 atom stereocenters. The fourth-order valence-corrected chi connectivity index (χ4v) is 3.66. The van der Waals surface area contributed by atoms with E-state index in [0.29, 0.717) is 5.69 Å². The molecule has 4 unspecified atom stereocenters. The number of aliphatic carboxylic acids is 1. The molecule has 206 valence electrons. The molecule has 9 N–H and O–H groups in total. The lowest BCUT2D eigenvalue weighted by molar-refractivity contribution is -0.142. The molecular formula is C25H35N7O6. The summed E-state index contributed by atoms with van der Waals surface area (Å²) < 4.78 is 0. The molecular weight excluding hydrogens is 494 g/mol. The van der Waals surface area contributed by atoms with Gasteiger partial charge in [-0.1, -0.05) is 44.2 Å². The van der Waals surface area contributed by atoms with Crippen molar-refractivity contribution in [2.45, 2.75) is 63.7 Å². The summed E-state index contributed by atoms with van der Waals surface area (Å²) in [6.07, 6.45) is 2.56. The highest BCUT2D eigenvalue weighted by atomic mass is 16.4. The number of primary amides is 1. The van der Waals surface area contributed by atoms with Crippen LogP contribution in [0.5, 0.6) is 0 Å². The van der Waals surface area contributed by atoms with E-state index < -0.39 is 53.8 Å². The van der Waals surface area contributed by atoms with Crippen molar-refractivity contribution in [1.82, 2.24) is 25.9 Å². The minimum Gasteiger partial charge on any atom is -0.480 e. The largest absolute Gasteiger partial charge is 0.480 e. The molecule has 13 nitrogen and oxygen atoms in total. The van der Waals surface area contributed by atoms with Gasteiger partial charge < -0.3 is 37.5 Å². The van der Waals surface area contributed by atoms with Crippen molar-refractivity contribution in [3.05, 3.63) is 54.1 Å². The van der Waals surface area contributed by atoms with Gasteiger partial charge in [-0.15, -0.1) is 0 Å². The Morgan fingerprint density at radius 2 is 1.61 bits per heavy atom. The molecule has 1 heterocycles. The van der Waals surface area contributed by atoms with E-state index in [9.17, 15) is 29.1 Å². The zero-order valence-electron chi connectivity index (χ0n) is 21.3. The minimum absolute atomic E-state index is 0.0818. The van der Waals surface area contributed by atoms with E-state index in [1.807, 2.05) is 30.3 Å². The number of imidazole rings is 1. The van der Waals surface area contributed by atoms with Crippen LogP contribution in [0.25, 0.3) is 0 Å². The highest BCUT2D eigenvalue weighted by molar-refractivity contribution is 5.94. The molecule has 4 amide bonds. The summed E-state index contributed by atoms with van der Waals surface area (Å²) in [4.78, 5) is 68.5. The fraction of sp³-hybridized carbons (Fsp3) is 0.440. The predicted molar refractivity (Wildman–Crippen MR) is 137 cm³/mol. The van der Waals surface area contributed by atoms with Gasteiger partial charge in [0.25, 0.3) is 0 Å². The van der Waals surface area contributed by atoms with E-state index in [1.165, 1.54) is 12.5 Å². The molecule has 0 spiro atoms. The number of carbonyl (C=O) groups is 5. The number of benzene rings is 1. The average Bonchev–Trinajstić information content (AvgIpc) is 3.37. The van der Waals surface area contributed by atoms with Gasteiger partial charge >= 0.3 is 5.97 Å². The van der Waals surface area contributed by atoms with E-state index in [-0.39, 0.29) is 31.6 Å². The van der Waals surface area contributed by atoms with Crippen LogP contribution in [0.2, 0.25) is 0 Å². The van der Waals surface area contributed by atoms with Crippen molar-refractivity contribution in [1.29, 1.82) is 0 Å². The number of hydrogen-bond donors (Lipinski definition) is 7. The number of H-pyrrole nitrogens is 1. The van der Waals surface area contributed by atoms with Crippen LogP contribution in [0, 0.1) is 5.92 Å². The third kappa shape index (κ3) is 9.65. The second-order valence-electron chi connectivity index (χ2n) is 9.27. The summed E-state index contributed by atoms with van der Waals surface area (Å²) in [7, 11) is 0. The smallest absolute Gasteiger partial charge is 0.326 e. The standard InChI is InChI=1S/C25H35N7O6/c1-14(2)21(32-22(34)17(26)10-15-6-4-3-5-7-15)24(36)30-18(8-9-20(27)33)23(35)31-19(25(37)38)11-16-12-28-13-29-16/h3-7,12-14,17-19,21H,8-11,26H2,1-2H3,(H2,27,33)(H,28,29)(H,30,36)(H,31,35)(H,32,34)(H,37,38). The highest BCUT2D eigenvalue weighted by Gasteiger charge is 2.32. The first-order valence-electron chi connectivity index (χ1n) is 12.2. The Morgan fingerprint density at radius 3 is 2.16 bits per heavy atom. The van der Waals surface area contributed by atoms with Crippen LogP contribution in [0.15, 0.2) is 42.9 Å². The van der Waals surface area contributed by atoms with Gasteiger partial charge in [0.1, 0.15) is 18.1 Å². The molecule has 2 aromatic rings. The van der Waals surface area contributed by atoms with Crippen LogP contribution < -0.4 is 27.4 Å². The maximum absolute atomic E-state index is 13.1. The quantitative estimate of drug-likeness (QED) is 0.151. The summed E-state index contributed by atoms with van der Waals surface area (Å²) in [6.45, 7) is 3.41. The van der Waals surface area contributed by atoms with Gasteiger partial charge in [0.2, 0.25) is 23.6 Å². The van der Waals surface area contributed by atoms with Crippen LogP contribution in [0.3, 0.4) is 0 Å². The van der Waals surface area contributed by atoms with E-state index in [4.69, 9.17) is 11.5 Å². The number of aromatic amines is 1. The lowest BCUT2D eigenvalue weighted by atomic mass is 10.00. The number of nitrogens with one attached hydrogen (secondary N) is 4. The SMILES string of the molecule is CC(C)C(NC(=O)C(N)Cc1ccccc1)C(=O)NC(CCC(N)=O)C(=O)NC(Cc1cnc[nH]1)C(=O)O. The second kappa shape index (κ2) is 14.5. The number of rotatable bonds is 15. The summed E-state index contributed by atoms with van der Waals surface area (Å²) in [5.74, 6) is -4.44. The Hall–Kier alpha value is -4.26. The molecule has 13 heteroatoms. The Balaban J connectivity index is 2.10. The van der Waals surface area contributed by atoms with Gasteiger partial charge in [0, 0.05) is 24.7 Å². The van der Waals surface area contributed by atoms with E-state index in [2.05, 4.69) is 25.9 Å². The molecule has 0 radical (unpaired) electrons. The Labute approximate surface area is 220 Å². The summed E-state index contributed by atoms with van der Waals surface area (Å²) in [5, 5.41) is 17.1. The summed E-state index contributed by atoms with van der Waals surface area (Å²) in [6, 6.07) is 4.58. The zero-order chi connectivity index (χ0) is 28.2. The van der Waals surface area contributed by atoms with E-state index >= 15 is 0 Å². The predicted octanol–water partition coefficient (Wildman–Crippen LogP) is -1.02. The molecule has 0 saturated carbocycles. The first kappa shape index (κ1) is 30.0. The van der Waals surface area contributed by atoms with Crippen molar-refractivity contribution in [2.24, 2.45) is 17.4 Å². The number of carboxylic acids is 1. The molecule has 0 aliphatic heterocycles. The molecule has 1 aromatic heterocycles. The normalized spacial score (nSPS) is 14.1. The Bertz CT molecular complexity index is 1090.